The number of hydrogen-bond donors (Lipinski definition) is 1. The maximum absolute atomic E-state index is 12.8. The van der Waals surface area contributed by atoms with E-state index in [4.69, 9.17) is 0 Å². The first-order valence-corrected chi connectivity index (χ1v) is 11.2. The minimum atomic E-state index is -0.0255. The molecule has 2 unspecified atom stereocenters. The Morgan fingerprint density at radius 3 is 2.85 bits per heavy atom. The number of fused-ring (bicyclic) bond motifs is 1. The lowest BCUT2D eigenvalue weighted by Gasteiger charge is -2.61. The van der Waals surface area contributed by atoms with Crippen molar-refractivity contribution in [1.29, 1.82) is 0 Å². The summed E-state index contributed by atoms with van der Waals surface area (Å²) in [6.45, 7) is 4.65. The van der Waals surface area contributed by atoms with Gasteiger partial charge in [-0.25, -0.2) is 0 Å². The van der Waals surface area contributed by atoms with Crippen molar-refractivity contribution >= 4 is 5.78 Å². The highest BCUT2D eigenvalue weighted by Crippen LogP contribution is 2.58. The van der Waals surface area contributed by atoms with E-state index in [1.54, 1.807) is 0 Å². The van der Waals surface area contributed by atoms with E-state index in [1.165, 1.54) is 43.4 Å². The van der Waals surface area contributed by atoms with Crippen LogP contribution in [0.5, 0.6) is 5.75 Å². The molecule has 5 rings (SSSR count). The second-order valence-corrected chi connectivity index (χ2v) is 9.81. The standard InChI is InChI=1S/C24H33NO2/c1-2-4-18-11-20(27)14-24-9-10-25(15-16-5-3-6-16)22(23(18)24)12-17-7-8-19(26)13-21(17)24/h7-8,13,16,18,22-23,26H,2-6,9-12,14-15H2,1H3/t18-,22?,23-,24?/m1/s1. The minimum Gasteiger partial charge on any atom is -0.508 e. The molecule has 1 heterocycles. The summed E-state index contributed by atoms with van der Waals surface area (Å²) in [6.07, 6.45) is 10.2. The Morgan fingerprint density at radius 2 is 2.11 bits per heavy atom. The van der Waals surface area contributed by atoms with Crippen LogP contribution in [0.2, 0.25) is 0 Å². The molecule has 1 aromatic rings. The third kappa shape index (κ3) is 2.76. The molecule has 2 saturated carbocycles. The average Bonchev–Trinajstić information content (AvgIpc) is 2.60. The summed E-state index contributed by atoms with van der Waals surface area (Å²) in [5, 5.41) is 10.2. The predicted molar refractivity (Wildman–Crippen MR) is 107 cm³/mol. The highest BCUT2D eigenvalue weighted by molar-refractivity contribution is 5.82. The van der Waals surface area contributed by atoms with Gasteiger partial charge in [-0.3, -0.25) is 9.69 Å². The zero-order valence-electron chi connectivity index (χ0n) is 16.6. The van der Waals surface area contributed by atoms with Crippen LogP contribution in [0.1, 0.15) is 69.4 Å². The molecule has 0 amide bonds. The van der Waals surface area contributed by atoms with Crippen LogP contribution < -0.4 is 0 Å². The molecule has 0 radical (unpaired) electrons. The molecule has 27 heavy (non-hydrogen) atoms. The molecule has 1 aliphatic heterocycles. The van der Waals surface area contributed by atoms with E-state index in [0.29, 0.717) is 35.8 Å². The van der Waals surface area contributed by atoms with Gasteiger partial charge < -0.3 is 5.11 Å². The highest BCUT2D eigenvalue weighted by Gasteiger charge is 2.58. The van der Waals surface area contributed by atoms with E-state index < -0.39 is 0 Å². The van der Waals surface area contributed by atoms with Crippen LogP contribution in [0, 0.1) is 17.8 Å². The number of carbonyl (C=O) groups is 1. The molecule has 1 saturated heterocycles. The number of likely N-dealkylation sites (tertiary alicyclic amines) is 1. The van der Waals surface area contributed by atoms with Gasteiger partial charge in [-0.2, -0.15) is 0 Å². The van der Waals surface area contributed by atoms with Crippen LogP contribution in [0.4, 0.5) is 0 Å². The molecular weight excluding hydrogens is 334 g/mol. The lowest BCUT2D eigenvalue weighted by Crippen LogP contribution is -2.65. The summed E-state index contributed by atoms with van der Waals surface area (Å²) in [6, 6.07) is 6.56. The summed E-state index contributed by atoms with van der Waals surface area (Å²) in [5.74, 6) is 2.81. The molecular formula is C24H33NO2. The topological polar surface area (TPSA) is 40.5 Å². The number of piperidine rings is 1. The molecule has 146 valence electrons. The fourth-order valence-corrected chi connectivity index (χ4v) is 7.07. The summed E-state index contributed by atoms with van der Waals surface area (Å²) >= 11 is 0. The van der Waals surface area contributed by atoms with Gasteiger partial charge in [0.05, 0.1) is 0 Å². The van der Waals surface area contributed by atoms with Gasteiger partial charge in [0, 0.05) is 30.8 Å². The van der Waals surface area contributed by atoms with Gasteiger partial charge in [0.15, 0.2) is 0 Å². The van der Waals surface area contributed by atoms with Crippen LogP contribution in [-0.2, 0) is 16.6 Å². The SMILES string of the molecule is CCC[C@@H]1CC(=O)CC23CCN(CC4CCC4)C(Cc4ccc(O)cc42)[C@@H]13. The number of aromatic hydroxyl groups is 1. The molecule has 4 aliphatic rings. The fourth-order valence-electron chi connectivity index (χ4n) is 7.07. The van der Waals surface area contributed by atoms with E-state index >= 15 is 0 Å². The molecule has 3 aliphatic carbocycles. The van der Waals surface area contributed by atoms with Gasteiger partial charge in [0.25, 0.3) is 0 Å². The summed E-state index contributed by atoms with van der Waals surface area (Å²) in [7, 11) is 0. The monoisotopic (exact) mass is 367 g/mol. The zero-order chi connectivity index (χ0) is 18.6. The lowest BCUT2D eigenvalue weighted by atomic mass is 9.48. The Morgan fingerprint density at radius 1 is 1.26 bits per heavy atom. The molecule has 3 fully saturated rings. The second-order valence-electron chi connectivity index (χ2n) is 9.81. The molecule has 0 aromatic heterocycles. The largest absolute Gasteiger partial charge is 0.508 e. The molecule has 3 nitrogen and oxygen atoms in total. The summed E-state index contributed by atoms with van der Waals surface area (Å²) < 4.78 is 0. The van der Waals surface area contributed by atoms with E-state index in [0.717, 1.165) is 38.1 Å². The normalized spacial score (nSPS) is 36.0. The number of carbonyl (C=O) groups excluding carboxylic acids is 1. The average molecular weight is 368 g/mol. The Kier molecular flexibility index (Phi) is 4.34. The van der Waals surface area contributed by atoms with Gasteiger partial charge in [-0.1, -0.05) is 25.8 Å². The first-order chi connectivity index (χ1) is 13.1. The quantitative estimate of drug-likeness (QED) is 0.854. The number of benzene rings is 1. The Balaban J connectivity index is 1.59. The smallest absolute Gasteiger partial charge is 0.134 e. The van der Waals surface area contributed by atoms with Crippen molar-refractivity contribution in [2.24, 2.45) is 17.8 Å². The van der Waals surface area contributed by atoms with E-state index in [9.17, 15) is 9.90 Å². The van der Waals surface area contributed by atoms with Crippen molar-refractivity contribution in [3.05, 3.63) is 29.3 Å². The molecule has 2 bridgehead atoms. The first kappa shape index (κ1) is 17.7. The molecule has 1 N–H and O–H groups in total. The maximum Gasteiger partial charge on any atom is 0.134 e. The van der Waals surface area contributed by atoms with E-state index in [-0.39, 0.29) is 5.41 Å². The van der Waals surface area contributed by atoms with Gasteiger partial charge in [-0.15, -0.1) is 0 Å². The lowest BCUT2D eigenvalue weighted by molar-refractivity contribution is -0.132. The number of phenols is 1. The van der Waals surface area contributed by atoms with Crippen LogP contribution in [0.15, 0.2) is 18.2 Å². The number of Topliss-reactive ketones (excluding diaryl/α,β-unsaturated/α-hetero) is 1. The molecule has 0 spiro atoms. The third-order valence-electron chi connectivity index (χ3n) is 8.31. The van der Waals surface area contributed by atoms with Crippen molar-refractivity contribution < 1.29 is 9.90 Å². The summed E-state index contributed by atoms with van der Waals surface area (Å²) in [5.41, 5.74) is 2.67. The Bertz CT molecular complexity index is 740. The van der Waals surface area contributed by atoms with Crippen molar-refractivity contribution in [3.8, 4) is 5.75 Å². The molecule has 1 aromatic carbocycles. The van der Waals surface area contributed by atoms with Gasteiger partial charge >= 0.3 is 0 Å². The van der Waals surface area contributed by atoms with Gasteiger partial charge in [0.1, 0.15) is 11.5 Å². The predicted octanol–water partition coefficient (Wildman–Crippen LogP) is 4.46. The van der Waals surface area contributed by atoms with Crippen LogP contribution >= 0.6 is 0 Å². The second kappa shape index (κ2) is 6.62. The number of rotatable bonds is 4. The fraction of sp³-hybridized carbons (Fsp3) is 0.708. The number of phenolic OH excluding ortho intramolecular Hbond substituents is 1. The Labute approximate surface area is 163 Å². The van der Waals surface area contributed by atoms with E-state index in [2.05, 4.69) is 17.9 Å². The van der Waals surface area contributed by atoms with Crippen molar-refractivity contribution in [2.75, 3.05) is 13.1 Å². The number of hydrogen-bond acceptors (Lipinski definition) is 3. The van der Waals surface area contributed by atoms with Crippen molar-refractivity contribution in [2.45, 2.75) is 76.2 Å². The summed E-state index contributed by atoms with van der Waals surface area (Å²) in [4.78, 5) is 15.6. The maximum atomic E-state index is 12.8. The highest BCUT2D eigenvalue weighted by atomic mass is 16.3. The van der Waals surface area contributed by atoms with Gasteiger partial charge in [0.2, 0.25) is 0 Å². The van der Waals surface area contributed by atoms with Crippen LogP contribution in [0.3, 0.4) is 0 Å². The Hall–Kier alpha value is -1.35. The van der Waals surface area contributed by atoms with Crippen LogP contribution in [0.25, 0.3) is 0 Å². The molecule has 4 atom stereocenters. The van der Waals surface area contributed by atoms with Gasteiger partial charge in [-0.05, 0) is 79.7 Å². The van der Waals surface area contributed by atoms with E-state index in [1.807, 2.05) is 12.1 Å². The third-order valence-corrected chi connectivity index (χ3v) is 8.31. The first-order valence-electron chi connectivity index (χ1n) is 11.2. The zero-order valence-corrected chi connectivity index (χ0v) is 16.6. The van der Waals surface area contributed by atoms with Crippen molar-refractivity contribution in [3.63, 3.8) is 0 Å². The minimum absolute atomic E-state index is 0.0255. The number of ketones is 1. The number of nitrogens with zero attached hydrogens (tertiary/aromatic N) is 1. The van der Waals surface area contributed by atoms with Crippen molar-refractivity contribution in [1.82, 2.24) is 4.90 Å². The molecule has 3 heteroatoms. The van der Waals surface area contributed by atoms with Crippen LogP contribution in [-0.4, -0.2) is 34.9 Å².